The van der Waals surface area contributed by atoms with E-state index in [2.05, 4.69) is 0 Å². The molecule has 0 radical (unpaired) electrons. The van der Waals surface area contributed by atoms with Crippen molar-refractivity contribution in [3.05, 3.63) is 21.9 Å². The minimum atomic E-state index is -1.04. The number of carboxylic acid groups (broad SMARTS) is 1. The van der Waals surface area contributed by atoms with Crippen molar-refractivity contribution in [2.75, 3.05) is 0 Å². The molecule has 0 aliphatic rings. The Balaban J connectivity index is 3.16. The number of thiophene rings is 1. The van der Waals surface area contributed by atoms with E-state index in [1.807, 2.05) is 0 Å². The highest BCUT2D eigenvalue weighted by molar-refractivity contribution is 7.12. The highest BCUT2D eigenvalue weighted by Gasteiger charge is 2.13. The first-order valence-electron chi connectivity index (χ1n) is 2.94. The summed E-state index contributed by atoms with van der Waals surface area (Å²) in [5, 5.41) is 10.2. The number of hydrogen-bond acceptors (Lipinski definition) is 3. The second-order valence-corrected chi connectivity index (χ2v) is 2.94. The van der Waals surface area contributed by atoms with Gasteiger partial charge in [0.25, 0.3) is 0 Å². The minimum absolute atomic E-state index is 0.0995. The van der Waals surface area contributed by atoms with Crippen LogP contribution in [0.3, 0.4) is 0 Å². The zero-order valence-electron chi connectivity index (χ0n) is 5.83. The standard InChI is InChI=1S/C7H6O3S/c1-4(8)6-5(7(9)10)2-3-11-6/h2-3H,1H3,(H,9,10). The molecule has 0 spiro atoms. The number of aromatic carboxylic acids is 1. The van der Waals surface area contributed by atoms with Gasteiger partial charge >= 0.3 is 5.97 Å². The third-order valence-electron chi connectivity index (χ3n) is 1.22. The minimum Gasteiger partial charge on any atom is -0.478 e. The number of Topliss-reactive ketones (excluding diaryl/α,β-unsaturated/α-hetero) is 1. The van der Waals surface area contributed by atoms with Gasteiger partial charge < -0.3 is 5.11 Å². The van der Waals surface area contributed by atoms with Crippen LogP contribution in [0.5, 0.6) is 0 Å². The Morgan fingerprint density at radius 2 is 2.18 bits per heavy atom. The van der Waals surface area contributed by atoms with Crippen molar-refractivity contribution >= 4 is 23.1 Å². The van der Waals surface area contributed by atoms with E-state index in [0.717, 1.165) is 11.3 Å². The molecule has 0 amide bonds. The van der Waals surface area contributed by atoms with Gasteiger partial charge in [0, 0.05) is 0 Å². The van der Waals surface area contributed by atoms with Gasteiger partial charge in [-0.1, -0.05) is 0 Å². The van der Waals surface area contributed by atoms with E-state index < -0.39 is 5.97 Å². The Morgan fingerprint density at radius 1 is 1.55 bits per heavy atom. The molecule has 0 bridgehead atoms. The third kappa shape index (κ3) is 1.46. The fraction of sp³-hybridized carbons (Fsp3) is 0.143. The molecule has 1 N–H and O–H groups in total. The van der Waals surface area contributed by atoms with Crippen LogP contribution in [0.25, 0.3) is 0 Å². The van der Waals surface area contributed by atoms with E-state index in [4.69, 9.17) is 5.11 Å². The van der Waals surface area contributed by atoms with Crippen molar-refractivity contribution in [2.45, 2.75) is 6.92 Å². The fourth-order valence-electron chi connectivity index (χ4n) is 0.750. The van der Waals surface area contributed by atoms with E-state index in [1.54, 1.807) is 5.38 Å². The molecule has 0 unspecified atom stereocenters. The van der Waals surface area contributed by atoms with E-state index >= 15 is 0 Å². The lowest BCUT2D eigenvalue weighted by Crippen LogP contribution is -2.00. The molecular formula is C7H6O3S. The highest BCUT2D eigenvalue weighted by atomic mass is 32.1. The molecule has 58 valence electrons. The van der Waals surface area contributed by atoms with Gasteiger partial charge in [-0.3, -0.25) is 4.79 Å². The van der Waals surface area contributed by atoms with Crippen LogP contribution in [0.2, 0.25) is 0 Å². The van der Waals surface area contributed by atoms with Gasteiger partial charge in [-0.15, -0.1) is 11.3 Å². The van der Waals surface area contributed by atoms with Gasteiger partial charge in [-0.05, 0) is 18.4 Å². The molecule has 1 rings (SSSR count). The van der Waals surface area contributed by atoms with E-state index in [0.29, 0.717) is 4.88 Å². The lowest BCUT2D eigenvalue weighted by molar-refractivity contribution is 0.0693. The number of carbonyl (C=O) groups excluding carboxylic acids is 1. The molecular weight excluding hydrogens is 164 g/mol. The second kappa shape index (κ2) is 2.84. The van der Waals surface area contributed by atoms with Gasteiger partial charge in [0.15, 0.2) is 5.78 Å². The lowest BCUT2D eigenvalue weighted by atomic mass is 10.2. The summed E-state index contributed by atoms with van der Waals surface area (Å²) in [6.45, 7) is 1.36. The van der Waals surface area contributed by atoms with Crippen molar-refractivity contribution in [1.29, 1.82) is 0 Å². The maximum absolute atomic E-state index is 10.8. The van der Waals surface area contributed by atoms with Gasteiger partial charge in [-0.2, -0.15) is 0 Å². The molecule has 3 nitrogen and oxygen atoms in total. The summed E-state index contributed by atoms with van der Waals surface area (Å²) in [6.07, 6.45) is 0. The maximum atomic E-state index is 10.8. The predicted octanol–water partition coefficient (Wildman–Crippen LogP) is 1.65. The van der Waals surface area contributed by atoms with Crippen LogP contribution in [-0.2, 0) is 0 Å². The van der Waals surface area contributed by atoms with Gasteiger partial charge in [0.2, 0.25) is 0 Å². The number of ketones is 1. The fourth-order valence-corrected chi connectivity index (χ4v) is 1.54. The summed E-state index contributed by atoms with van der Waals surface area (Å²) in [6, 6.07) is 1.43. The van der Waals surface area contributed by atoms with Crippen LogP contribution in [0, 0.1) is 0 Å². The molecule has 11 heavy (non-hydrogen) atoms. The molecule has 0 fully saturated rings. The first kappa shape index (κ1) is 7.94. The van der Waals surface area contributed by atoms with Crippen LogP contribution in [-0.4, -0.2) is 16.9 Å². The molecule has 1 heterocycles. The van der Waals surface area contributed by atoms with Crippen molar-refractivity contribution < 1.29 is 14.7 Å². The van der Waals surface area contributed by atoms with Crippen molar-refractivity contribution in [1.82, 2.24) is 0 Å². The molecule has 0 atom stereocenters. The molecule has 0 aromatic carbocycles. The summed E-state index contributed by atoms with van der Waals surface area (Å²) in [4.78, 5) is 21.5. The first-order valence-corrected chi connectivity index (χ1v) is 3.82. The highest BCUT2D eigenvalue weighted by Crippen LogP contribution is 2.16. The summed E-state index contributed by atoms with van der Waals surface area (Å²) in [7, 11) is 0. The number of hydrogen-bond donors (Lipinski definition) is 1. The van der Waals surface area contributed by atoms with Crippen molar-refractivity contribution in [3.63, 3.8) is 0 Å². The third-order valence-corrected chi connectivity index (χ3v) is 2.23. The second-order valence-electron chi connectivity index (χ2n) is 2.02. The summed E-state index contributed by atoms with van der Waals surface area (Å²) in [5.41, 5.74) is 0.0995. The molecule has 0 aliphatic heterocycles. The van der Waals surface area contributed by atoms with Gasteiger partial charge in [-0.25, -0.2) is 4.79 Å². The maximum Gasteiger partial charge on any atom is 0.337 e. The Morgan fingerprint density at radius 3 is 2.55 bits per heavy atom. The molecule has 0 aliphatic carbocycles. The zero-order chi connectivity index (χ0) is 8.43. The molecule has 0 saturated carbocycles. The monoisotopic (exact) mass is 170 g/mol. The summed E-state index contributed by atoms with van der Waals surface area (Å²) >= 11 is 1.16. The van der Waals surface area contributed by atoms with Crippen LogP contribution in [0.4, 0.5) is 0 Å². The summed E-state index contributed by atoms with van der Waals surface area (Å²) < 4.78 is 0. The normalized spacial score (nSPS) is 9.55. The Kier molecular flexibility index (Phi) is 2.05. The smallest absolute Gasteiger partial charge is 0.337 e. The Hall–Kier alpha value is -1.16. The van der Waals surface area contributed by atoms with E-state index in [1.165, 1.54) is 13.0 Å². The van der Waals surface area contributed by atoms with Gasteiger partial charge in [0.1, 0.15) is 0 Å². The SMILES string of the molecule is CC(=O)c1sccc1C(=O)O. The Labute approximate surface area is 67.3 Å². The number of rotatable bonds is 2. The van der Waals surface area contributed by atoms with Gasteiger partial charge in [0.05, 0.1) is 10.4 Å². The van der Waals surface area contributed by atoms with Crippen LogP contribution >= 0.6 is 11.3 Å². The van der Waals surface area contributed by atoms with Crippen LogP contribution < -0.4 is 0 Å². The summed E-state index contributed by atoms with van der Waals surface area (Å²) in [5.74, 6) is -1.24. The number of carbonyl (C=O) groups is 2. The average molecular weight is 170 g/mol. The average Bonchev–Trinajstić information content (AvgIpc) is 2.32. The quantitative estimate of drug-likeness (QED) is 0.686. The number of carboxylic acids is 1. The topological polar surface area (TPSA) is 54.4 Å². The van der Waals surface area contributed by atoms with E-state index in [9.17, 15) is 9.59 Å². The largest absolute Gasteiger partial charge is 0.478 e. The van der Waals surface area contributed by atoms with Crippen LogP contribution in [0.1, 0.15) is 27.0 Å². The van der Waals surface area contributed by atoms with E-state index in [-0.39, 0.29) is 11.3 Å². The van der Waals surface area contributed by atoms with Crippen LogP contribution in [0.15, 0.2) is 11.4 Å². The van der Waals surface area contributed by atoms with Crippen molar-refractivity contribution in [3.8, 4) is 0 Å². The molecule has 1 aromatic rings. The van der Waals surface area contributed by atoms with Crippen molar-refractivity contribution in [2.24, 2.45) is 0 Å². The zero-order valence-corrected chi connectivity index (χ0v) is 6.64. The molecule has 1 aromatic heterocycles. The lowest BCUT2D eigenvalue weighted by Gasteiger charge is -1.91. The predicted molar refractivity (Wildman–Crippen MR) is 41.3 cm³/mol. The molecule has 0 saturated heterocycles. The first-order chi connectivity index (χ1) is 5.13. The molecule has 4 heteroatoms. The Bertz CT molecular complexity index is 272.